The van der Waals surface area contributed by atoms with E-state index in [9.17, 15) is 18.0 Å². The van der Waals surface area contributed by atoms with Crippen LogP contribution in [-0.4, -0.2) is 12.0 Å². The molecule has 0 aliphatic heterocycles. The molecule has 0 saturated carbocycles. The van der Waals surface area contributed by atoms with Crippen molar-refractivity contribution < 1.29 is 18.0 Å². The number of hydrogen-bond donors (Lipinski definition) is 0. The molecule has 0 rings (SSSR count). The third-order valence-corrected chi connectivity index (χ3v) is 1.55. The molecule has 0 aromatic heterocycles. The lowest BCUT2D eigenvalue weighted by Crippen LogP contribution is -2.09. The van der Waals surface area contributed by atoms with Crippen molar-refractivity contribution in [3.63, 3.8) is 0 Å². The summed E-state index contributed by atoms with van der Waals surface area (Å²) in [7, 11) is 0. The van der Waals surface area contributed by atoms with Crippen molar-refractivity contribution in [1.29, 1.82) is 0 Å². The van der Waals surface area contributed by atoms with Gasteiger partial charge in [-0.05, 0) is 12.3 Å². The van der Waals surface area contributed by atoms with Crippen molar-refractivity contribution in [3.05, 3.63) is 0 Å². The van der Waals surface area contributed by atoms with Gasteiger partial charge in [0.15, 0.2) is 0 Å². The minimum absolute atomic E-state index is 0.0533. The summed E-state index contributed by atoms with van der Waals surface area (Å²) < 4.78 is 35.0. The summed E-state index contributed by atoms with van der Waals surface area (Å²) in [6, 6.07) is 0. The zero-order chi connectivity index (χ0) is 10.5. The molecule has 0 heterocycles. The van der Waals surface area contributed by atoms with Crippen LogP contribution < -0.4 is 0 Å². The highest BCUT2D eigenvalue weighted by Gasteiger charge is 2.26. The molecular formula is C9H15F3O. The molecule has 0 bridgehead atoms. The van der Waals surface area contributed by atoms with E-state index >= 15 is 0 Å². The van der Waals surface area contributed by atoms with Crippen LogP contribution in [0.3, 0.4) is 0 Å². The van der Waals surface area contributed by atoms with E-state index in [0.717, 1.165) is 0 Å². The van der Waals surface area contributed by atoms with Crippen LogP contribution in [0.4, 0.5) is 13.2 Å². The van der Waals surface area contributed by atoms with Crippen LogP contribution in [-0.2, 0) is 4.79 Å². The van der Waals surface area contributed by atoms with Gasteiger partial charge in [-0.25, -0.2) is 0 Å². The van der Waals surface area contributed by atoms with E-state index in [0.29, 0.717) is 6.42 Å². The molecule has 4 heteroatoms. The number of carbonyl (C=O) groups excluding carboxylic acids is 1. The number of Topliss-reactive ketones (excluding diaryl/α,β-unsaturated/α-hetero) is 1. The van der Waals surface area contributed by atoms with Gasteiger partial charge in [0.1, 0.15) is 5.78 Å². The summed E-state index contributed by atoms with van der Waals surface area (Å²) in [6.07, 6.45) is -4.61. The fourth-order valence-electron chi connectivity index (χ4n) is 1.04. The molecule has 0 radical (unpaired) electrons. The van der Waals surface area contributed by atoms with Gasteiger partial charge in [-0.3, -0.25) is 4.79 Å². The molecule has 0 N–H and O–H groups in total. The van der Waals surface area contributed by atoms with Crippen LogP contribution in [0, 0.1) is 5.92 Å². The van der Waals surface area contributed by atoms with E-state index in [-0.39, 0.29) is 24.5 Å². The maximum absolute atomic E-state index is 11.7. The molecule has 0 aliphatic rings. The Bertz CT molecular complexity index is 161. The lowest BCUT2D eigenvalue weighted by Gasteiger charge is -2.06. The smallest absolute Gasteiger partial charge is 0.300 e. The molecule has 13 heavy (non-hydrogen) atoms. The fraction of sp³-hybridized carbons (Fsp3) is 0.889. The number of hydrogen-bond acceptors (Lipinski definition) is 1. The van der Waals surface area contributed by atoms with E-state index < -0.39 is 12.6 Å². The molecule has 0 amide bonds. The molecule has 0 fully saturated rings. The first kappa shape index (κ1) is 12.5. The van der Waals surface area contributed by atoms with Gasteiger partial charge < -0.3 is 0 Å². The SMILES string of the molecule is CC(C)CC(=O)CCCC(F)(F)F. The minimum atomic E-state index is -4.13. The van der Waals surface area contributed by atoms with Crippen molar-refractivity contribution in [2.45, 2.75) is 45.7 Å². The van der Waals surface area contributed by atoms with Gasteiger partial charge in [-0.2, -0.15) is 13.2 Å². The van der Waals surface area contributed by atoms with Crippen LogP contribution in [0.2, 0.25) is 0 Å². The second kappa shape index (κ2) is 5.25. The minimum Gasteiger partial charge on any atom is -0.300 e. The largest absolute Gasteiger partial charge is 0.389 e. The molecule has 0 saturated heterocycles. The Labute approximate surface area is 76.3 Å². The second-order valence-electron chi connectivity index (χ2n) is 3.61. The molecule has 0 spiro atoms. The van der Waals surface area contributed by atoms with Crippen molar-refractivity contribution in [3.8, 4) is 0 Å². The zero-order valence-electron chi connectivity index (χ0n) is 7.95. The van der Waals surface area contributed by atoms with Crippen molar-refractivity contribution in [2.75, 3.05) is 0 Å². The standard InChI is InChI=1S/C9H15F3O/c1-7(2)6-8(13)4-3-5-9(10,11)12/h7H,3-6H2,1-2H3. The summed E-state index contributed by atoms with van der Waals surface area (Å²) in [5.41, 5.74) is 0. The average molecular weight is 196 g/mol. The van der Waals surface area contributed by atoms with Gasteiger partial charge in [0.2, 0.25) is 0 Å². The van der Waals surface area contributed by atoms with Crippen LogP contribution in [0.25, 0.3) is 0 Å². The highest BCUT2D eigenvalue weighted by molar-refractivity contribution is 5.78. The highest BCUT2D eigenvalue weighted by atomic mass is 19.4. The predicted octanol–water partition coefficient (Wildman–Crippen LogP) is 3.33. The molecule has 0 unspecified atom stereocenters. The molecule has 0 aromatic rings. The zero-order valence-corrected chi connectivity index (χ0v) is 7.95. The summed E-state index contributed by atoms with van der Waals surface area (Å²) in [4.78, 5) is 11.0. The molecule has 1 nitrogen and oxygen atoms in total. The fourth-order valence-corrected chi connectivity index (χ4v) is 1.04. The summed E-state index contributed by atoms with van der Waals surface area (Å²) in [6.45, 7) is 3.75. The van der Waals surface area contributed by atoms with Crippen LogP contribution in [0.1, 0.15) is 39.5 Å². The highest BCUT2D eigenvalue weighted by Crippen LogP contribution is 2.22. The van der Waals surface area contributed by atoms with Crippen molar-refractivity contribution in [1.82, 2.24) is 0 Å². The average Bonchev–Trinajstić information content (AvgIpc) is 1.81. The first-order chi connectivity index (χ1) is 5.81. The first-order valence-corrected chi connectivity index (χ1v) is 4.39. The van der Waals surface area contributed by atoms with Gasteiger partial charge in [0.05, 0.1) is 0 Å². The number of halogens is 3. The third-order valence-electron chi connectivity index (χ3n) is 1.55. The Morgan fingerprint density at radius 1 is 1.31 bits per heavy atom. The van der Waals surface area contributed by atoms with Crippen LogP contribution in [0.5, 0.6) is 0 Å². The maximum atomic E-state index is 11.7. The van der Waals surface area contributed by atoms with Gasteiger partial charge in [0, 0.05) is 19.3 Å². The van der Waals surface area contributed by atoms with E-state index in [2.05, 4.69) is 0 Å². The first-order valence-electron chi connectivity index (χ1n) is 4.39. The Hall–Kier alpha value is -0.540. The Morgan fingerprint density at radius 2 is 1.85 bits per heavy atom. The Morgan fingerprint density at radius 3 is 2.23 bits per heavy atom. The molecule has 0 aromatic carbocycles. The third kappa shape index (κ3) is 9.37. The van der Waals surface area contributed by atoms with Gasteiger partial charge in [-0.1, -0.05) is 13.8 Å². The molecule has 0 atom stereocenters. The lowest BCUT2D eigenvalue weighted by molar-refractivity contribution is -0.137. The van der Waals surface area contributed by atoms with Crippen LogP contribution >= 0.6 is 0 Å². The predicted molar refractivity (Wildman–Crippen MR) is 44.4 cm³/mol. The number of alkyl halides is 3. The van der Waals surface area contributed by atoms with Gasteiger partial charge in [-0.15, -0.1) is 0 Å². The quantitative estimate of drug-likeness (QED) is 0.659. The van der Waals surface area contributed by atoms with E-state index in [1.54, 1.807) is 0 Å². The second-order valence-corrected chi connectivity index (χ2v) is 3.61. The topological polar surface area (TPSA) is 17.1 Å². The number of carbonyl (C=O) groups is 1. The maximum Gasteiger partial charge on any atom is 0.389 e. The van der Waals surface area contributed by atoms with Gasteiger partial charge >= 0.3 is 6.18 Å². The molecule has 78 valence electrons. The lowest BCUT2D eigenvalue weighted by atomic mass is 10.0. The number of ketones is 1. The Kier molecular flexibility index (Phi) is 5.03. The van der Waals surface area contributed by atoms with E-state index in [1.807, 2.05) is 13.8 Å². The summed E-state index contributed by atoms with van der Waals surface area (Å²) in [5, 5.41) is 0. The molecular weight excluding hydrogens is 181 g/mol. The normalized spacial score (nSPS) is 12.2. The van der Waals surface area contributed by atoms with E-state index in [4.69, 9.17) is 0 Å². The summed E-state index contributed by atoms with van der Waals surface area (Å²) in [5.74, 6) is 0.164. The van der Waals surface area contributed by atoms with Crippen molar-refractivity contribution >= 4 is 5.78 Å². The van der Waals surface area contributed by atoms with Crippen LogP contribution in [0.15, 0.2) is 0 Å². The monoisotopic (exact) mass is 196 g/mol. The molecule has 0 aliphatic carbocycles. The van der Waals surface area contributed by atoms with Crippen molar-refractivity contribution in [2.24, 2.45) is 5.92 Å². The van der Waals surface area contributed by atoms with Gasteiger partial charge in [0.25, 0.3) is 0 Å². The van der Waals surface area contributed by atoms with E-state index in [1.165, 1.54) is 0 Å². The Balaban J connectivity index is 3.49. The number of rotatable bonds is 5. The summed E-state index contributed by atoms with van der Waals surface area (Å²) >= 11 is 0.